The van der Waals surface area contributed by atoms with Gasteiger partial charge in [-0.25, -0.2) is 8.42 Å². The van der Waals surface area contributed by atoms with Crippen molar-refractivity contribution in [2.24, 2.45) is 0 Å². The van der Waals surface area contributed by atoms with Gasteiger partial charge in [0.25, 0.3) is 0 Å². The molecule has 0 atom stereocenters. The van der Waals surface area contributed by atoms with Crippen LogP contribution < -0.4 is 5.32 Å². The predicted molar refractivity (Wildman–Crippen MR) is 89.3 cm³/mol. The van der Waals surface area contributed by atoms with Crippen LogP contribution in [0.2, 0.25) is 10.0 Å². The number of hydrogen-bond donors (Lipinski definition) is 1. The number of amides is 1. The molecule has 0 fully saturated rings. The minimum Gasteiger partial charge on any atom is -0.356 e. The standard InChI is InChI=1S/C14H20Cl2N2O3S/c1-18(2)8-3-7-17-14(19)6-9-22(20,21)11-4-5-12(15)13(16)10-11/h4-5,10H,3,6-9H2,1-2H3,(H,17,19). The molecule has 0 unspecified atom stereocenters. The Morgan fingerprint density at radius 1 is 1.23 bits per heavy atom. The van der Waals surface area contributed by atoms with Crippen molar-refractivity contribution in [3.05, 3.63) is 28.2 Å². The molecule has 124 valence electrons. The maximum absolute atomic E-state index is 12.1. The largest absolute Gasteiger partial charge is 0.356 e. The third-order valence-corrected chi connectivity index (χ3v) is 5.41. The average Bonchev–Trinajstić information content (AvgIpc) is 2.44. The summed E-state index contributed by atoms with van der Waals surface area (Å²) in [6, 6.07) is 4.12. The monoisotopic (exact) mass is 366 g/mol. The molecule has 0 saturated heterocycles. The number of carbonyl (C=O) groups excluding carboxylic acids is 1. The minimum absolute atomic E-state index is 0.0716. The molecular formula is C14H20Cl2N2O3S. The molecule has 1 aromatic carbocycles. The molecule has 0 saturated carbocycles. The second kappa shape index (κ2) is 8.72. The third-order valence-electron chi connectivity index (χ3n) is 2.95. The minimum atomic E-state index is -3.55. The van der Waals surface area contributed by atoms with Crippen molar-refractivity contribution in [1.29, 1.82) is 0 Å². The first-order valence-corrected chi connectivity index (χ1v) is 9.22. The summed E-state index contributed by atoms with van der Waals surface area (Å²) in [7, 11) is 0.349. The molecule has 8 heteroatoms. The molecule has 0 aliphatic carbocycles. The summed E-state index contributed by atoms with van der Waals surface area (Å²) in [6.45, 7) is 1.39. The summed E-state index contributed by atoms with van der Waals surface area (Å²) in [5.41, 5.74) is 0. The lowest BCUT2D eigenvalue weighted by atomic mass is 10.4. The molecule has 0 heterocycles. The van der Waals surface area contributed by atoms with Crippen molar-refractivity contribution >= 4 is 38.9 Å². The Morgan fingerprint density at radius 2 is 1.91 bits per heavy atom. The fourth-order valence-electron chi connectivity index (χ4n) is 1.73. The highest BCUT2D eigenvalue weighted by Crippen LogP contribution is 2.25. The van der Waals surface area contributed by atoms with E-state index in [1.807, 2.05) is 19.0 Å². The molecule has 1 N–H and O–H groups in total. The first-order valence-electron chi connectivity index (χ1n) is 6.81. The van der Waals surface area contributed by atoms with Gasteiger partial charge in [-0.1, -0.05) is 23.2 Å². The van der Waals surface area contributed by atoms with Crippen LogP contribution in [0.1, 0.15) is 12.8 Å². The van der Waals surface area contributed by atoms with Crippen molar-refractivity contribution in [1.82, 2.24) is 10.2 Å². The SMILES string of the molecule is CN(C)CCCNC(=O)CCS(=O)(=O)c1ccc(Cl)c(Cl)c1. The van der Waals surface area contributed by atoms with E-state index >= 15 is 0 Å². The lowest BCUT2D eigenvalue weighted by molar-refractivity contribution is -0.120. The van der Waals surface area contributed by atoms with E-state index in [9.17, 15) is 13.2 Å². The number of carbonyl (C=O) groups is 1. The second-order valence-electron chi connectivity index (χ2n) is 5.15. The Kier molecular flexibility index (Phi) is 7.62. The summed E-state index contributed by atoms with van der Waals surface area (Å²) < 4.78 is 24.3. The van der Waals surface area contributed by atoms with Crippen molar-refractivity contribution in [3.63, 3.8) is 0 Å². The number of sulfone groups is 1. The Bertz CT molecular complexity index is 619. The zero-order valence-corrected chi connectivity index (χ0v) is 14.9. The average molecular weight is 367 g/mol. The Morgan fingerprint density at radius 3 is 2.50 bits per heavy atom. The molecule has 0 spiro atoms. The van der Waals surface area contributed by atoms with Crippen LogP contribution in [0.3, 0.4) is 0 Å². The lowest BCUT2D eigenvalue weighted by Gasteiger charge is -2.10. The van der Waals surface area contributed by atoms with Crippen molar-refractivity contribution in [3.8, 4) is 0 Å². The van der Waals surface area contributed by atoms with Gasteiger partial charge >= 0.3 is 0 Å². The Balaban J connectivity index is 2.48. The number of nitrogens with one attached hydrogen (secondary N) is 1. The van der Waals surface area contributed by atoms with E-state index in [1.54, 1.807) is 0 Å². The van der Waals surface area contributed by atoms with E-state index in [1.165, 1.54) is 18.2 Å². The summed E-state index contributed by atoms with van der Waals surface area (Å²) in [6.07, 6.45) is 0.739. The van der Waals surface area contributed by atoms with Gasteiger partial charge in [-0.05, 0) is 45.3 Å². The highest BCUT2D eigenvalue weighted by molar-refractivity contribution is 7.91. The maximum atomic E-state index is 12.1. The zero-order chi connectivity index (χ0) is 16.8. The molecule has 0 bridgehead atoms. The molecule has 0 aromatic heterocycles. The number of rotatable bonds is 8. The van der Waals surface area contributed by atoms with Crippen LogP contribution in [0, 0.1) is 0 Å². The molecule has 5 nitrogen and oxygen atoms in total. The normalized spacial score (nSPS) is 11.7. The van der Waals surface area contributed by atoms with Gasteiger partial charge in [0.15, 0.2) is 9.84 Å². The molecule has 22 heavy (non-hydrogen) atoms. The van der Waals surface area contributed by atoms with Crippen LogP contribution in [0.4, 0.5) is 0 Å². The van der Waals surface area contributed by atoms with Gasteiger partial charge in [0.1, 0.15) is 0 Å². The highest BCUT2D eigenvalue weighted by atomic mass is 35.5. The van der Waals surface area contributed by atoms with Gasteiger partial charge in [0.05, 0.1) is 20.7 Å². The predicted octanol–water partition coefficient (Wildman–Crippen LogP) is 2.23. The van der Waals surface area contributed by atoms with Crippen LogP contribution >= 0.6 is 23.2 Å². The Hall–Kier alpha value is -0.820. The summed E-state index contributed by atoms with van der Waals surface area (Å²) in [4.78, 5) is 13.7. The number of halogens is 2. The number of nitrogens with zero attached hydrogens (tertiary/aromatic N) is 1. The smallest absolute Gasteiger partial charge is 0.221 e. The first kappa shape index (κ1) is 19.2. The van der Waals surface area contributed by atoms with Crippen molar-refractivity contribution in [2.45, 2.75) is 17.7 Å². The van der Waals surface area contributed by atoms with Crippen LogP contribution in [0.15, 0.2) is 23.1 Å². The van der Waals surface area contributed by atoms with Gasteiger partial charge in [-0.2, -0.15) is 0 Å². The summed E-state index contributed by atoms with van der Waals surface area (Å²) in [5, 5.41) is 3.17. The van der Waals surface area contributed by atoms with Gasteiger partial charge in [-0.3, -0.25) is 4.79 Å². The van der Waals surface area contributed by atoms with Crippen molar-refractivity contribution < 1.29 is 13.2 Å². The maximum Gasteiger partial charge on any atom is 0.221 e. The van der Waals surface area contributed by atoms with Gasteiger partial charge in [0.2, 0.25) is 5.91 Å². The van der Waals surface area contributed by atoms with E-state index in [0.29, 0.717) is 11.6 Å². The third kappa shape index (κ3) is 6.52. The molecular weight excluding hydrogens is 347 g/mol. The van der Waals surface area contributed by atoms with Crippen molar-refractivity contribution in [2.75, 3.05) is 32.9 Å². The molecule has 0 aliphatic rings. The van der Waals surface area contributed by atoms with Gasteiger partial charge < -0.3 is 10.2 Å². The Labute approximate surface area is 141 Å². The molecule has 1 aromatic rings. The second-order valence-corrected chi connectivity index (χ2v) is 8.08. The van der Waals surface area contributed by atoms with Crippen LogP contribution in [-0.2, 0) is 14.6 Å². The zero-order valence-electron chi connectivity index (χ0n) is 12.6. The lowest BCUT2D eigenvalue weighted by Crippen LogP contribution is -2.28. The summed E-state index contributed by atoms with van der Waals surface area (Å²) in [5.74, 6) is -0.535. The fourth-order valence-corrected chi connectivity index (χ4v) is 3.35. The topological polar surface area (TPSA) is 66.5 Å². The molecule has 0 aliphatic heterocycles. The molecule has 0 radical (unpaired) electrons. The fraction of sp³-hybridized carbons (Fsp3) is 0.500. The van der Waals surface area contributed by atoms with E-state index in [4.69, 9.17) is 23.2 Å². The van der Waals surface area contributed by atoms with Crippen LogP contribution in [-0.4, -0.2) is 52.2 Å². The van der Waals surface area contributed by atoms with E-state index < -0.39 is 9.84 Å². The van der Waals surface area contributed by atoms with E-state index in [2.05, 4.69) is 5.32 Å². The van der Waals surface area contributed by atoms with E-state index in [-0.39, 0.29) is 28.0 Å². The quantitative estimate of drug-likeness (QED) is 0.716. The summed E-state index contributed by atoms with van der Waals surface area (Å²) >= 11 is 11.6. The number of benzene rings is 1. The highest BCUT2D eigenvalue weighted by Gasteiger charge is 2.17. The number of hydrogen-bond acceptors (Lipinski definition) is 4. The van der Waals surface area contributed by atoms with E-state index in [0.717, 1.165) is 13.0 Å². The molecule has 1 rings (SSSR count). The van der Waals surface area contributed by atoms with Gasteiger partial charge in [0, 0.05) is 13.0 Å². The first-order chi connectivity index (χ1) is 10.2. The van der Waals surface area contributed by atoms with Crippen LogP contribution in [0.5, 0.6) is 0 Å². The van der Waals surface area contributed by atoms with Gasteiger partial charge in [-0.15, -0.1) is 0 Å². The molecule has 1 amide bonds. The van der Waals surface area contributed by atoms with Crippen LogP contribution in [0.25, 0.3) is 0 Å².